The van der Waals surface area contributed by atoms with Crippen molar-refractivity contribution >= 4 is 28.2 Å². The van der Waals surface area contributed by atoms with E-state index in [4.69, 9.17) is 0 Å². The van der Waals surface area contributed by atoms with Gasteiger partial charge in [0.2, 0.25) is 0 Å². The summed E-state index contributed by atoms with van der Waals surface area (Å²) in [6, 6.07) is 20.3. The minimum atomic E-state index is -1.82. The fourth-order valence-electron chi connectivity index (χ4n) is 3.79. The lowest BCUT2D eigenvalue weighted by Gasteiger charge is -2.22. The molecular weight excluding hydrogens is 326 g/mol. The summed E-state index contributed by atoms with van der Waals surface area (Å²) < 4.78 is 0. The molecule has 0 fully saturated rings. The van der Waals surface area contributed by atoms with Gasteiger partial charge in [0.25, 0.3) is 5.91 Å². The van der Waals surface area contributed by atoms with Gasteiger partial charge in [-0.15, -0.1) is 0 Å². The Kier molecular flexibility index (Phi) is 3.85. The molecule has 0 aliphatic carbocycles. The van der Waals surface area contributed by atoms with Crippen molar-refractivity contribution < 1.29 is 14.7 Å². The minimum absolute atomic E-state index is 0.245. The lowest BCUT2D eigenvalue weighted by molar-refractivity contribution is -0.135. The molecular formula is C22H19NO3. The predicted octanol–water partition coefficient (Wildman–Crippen LogP) is 3.67. The Hall–Kier alpha value is -2.98. The first-order valence-electron chi connectivity index (χ1n) is 8.71. The van der Waals surface area contributed by atoms with Crippen molar-refractivity contribution in [2.24, 2.45) is 0 Å². The molecule has 3 aromatic carbocycles. The molecule has 0 spiro atoms. The van der Waals surface area contributed by atoms with E-state index in [1.54, 1.807) is 24.3 Å². The van der Waals surface area contributed by atoms with Crippen LogP contribution in [-0.4, -0.2) is 23.3 Å². The third-order valence-electron chi connectivity index (χ3n) is 5.06. The van der Waals surface area contributed by atoms with Gasteiger partial charge in [0.1, 0.15) is 0 Å². The molecule has 0 radical (unpaired) electrons. The number of amides is 1. The number of hydrogen-bond donors (Lipinski definition) is 1. The lowest BCUT2D eigenvalue weighted by atomic mass is 9.87. The van der Waals surface area contributed by atoms with E-state index in [0.717, 1.165) is 10.8 Å². The zero-order valence-corrected chi connectivity index (χ0v) is 14.5. The summed E-state index contributed by atoms with van der Waals surface area (Å²) in [4.78, 5) is 27.4. The topological polar surface area (TPSA) is 57.6 Å². The van der Waals surface area contributed by atoms with E-state index >= 15 is 0 Å². The average molecular weight is 345 g/mol. The minimum Gasteiger partial charge on any atom is -0.375 e. The zero-order chi connectivity index (χ0) is 18.3. The van der Waals surface area contributed by atoms with Gasteiger partial charge in [-0.1, -0.05) is 60.7 Å². The third-order valence-corrected chi connectivity index (χ3v) is 5.06. The summed E-state index contributed by atoms with van der Waals surface area (Å²) in [6.07, 6.45) is -0.270. The van der Waals surface area contributed by atoms with Crippen LogP contribution in [0, 0.1) is 0 Å². The Bertz CT molecular complexity index is 1020. The van der Waals surface area contributed by atoms with Gasteiger partial charge in [-0.25, -0.2) is 0 Å². The summed E-state index contributed by atoms with van der Waals surface area (Å²) in [5.74, 6) is -0.680. The highest BCUT2D eigenvalue weighted by Crippen LogP contribution is 2.42. The van der Waals surface area contributed by atoms with E-state index in [9.17, 15) is 14.7 Å². The highest BCUT2D eigenvalue weighted by Gasteiger charge is 2.50. The van der Waals surface area contributed by atoms with E-state index < -0.39 is 11.5 Å². The molecule has 130 valence electrons. The van der Waals surface area contributed by atoms with E-state index in [0.29, 0.717) is 23.4 Å². The number of anilines is 1. The summed E-state index contributed by atoms with van der Waals surface area (Å²) in [5.41, 5.74) is -0.119. The number of likely N-dealkylation sites (N-methyl/N-ethyl adjacent to an activating group) is 1. The van der Waals surface area contributed by atoms with E-state index in [2.05, 4.69) is 0 Å². The van der Waals surface area contributed by atoms with Crippen molar-refractivity contribution in [3.05, 3.63) is 77.9 Å². The Balaban J connectivity index is 1.77. The standard InChI is InChI=1S/C22H19NO3/c1-2-23-19-13-6-5-12-18(19)22(26,21(23)25)14-20(24)17-11-7-9-15-8-3-4-10-16(15)17/h3-13,26H,2,14H2,1H3/t22-/m1/s1. The molecule has 4 heteroatoms. The van der Waals surface area contributed by atoms with Crippen LogP contribution in [-0.2, 0) is 10.4 Å². The number of rotatable bonds is 4. The van der Waals surface area contributed by atoms with Gasteiger partial charge in [-0.05, 0) is 23.8 Å². The number of para-hydroxylation sites is 1. The van der Waals surface area contributed by atoms with Gasteiger partial charge in [0.05, 0.1) is 12.1 Å². The highest BCUT2D eigenvalue weighted by atomic mass is 16.3. The lowest BCUT2D eigenvalue weighted by Crippen LogP contribution is -2.41. The molecule has 1 aliphatic heterocycles. The second-order valence-corrected chi connectivity index (χ2v) is 6.55. The maximum Gasteiger partial charge on any atom is 0.264 e. The Morgan fingerprint density at radius 2 is 1.69 bits per heavy atom. The molecule has 3 aromatic rings. The molecule has 0 saturated heterocycles. The SMILES string of the molecule is CCN1C(=O)[C@@](O)(CC(=O)c2cccc3ccccc23)c2ccccc21. The van der Waals surface area contributed by atoms with Gasteiger partial charge < -0.3 is 10.0 Å². The van der Waals surface area contributed by atoms with E-state index in [1.807, 2.05) is 49.4 Å². The normalized spacial score (nSPS) is 19.0. The van der Waals surface area contributed by atoms with Gasteiger partial charge in [0, 0.05) is 17.7 Å². The first kappa shape index (κ1) is 16.5. The van der Waals surface area contributed by atoms with Crippen LogP contribution in [0.2, 0.25) is 0 Å². The molecule has 0 saturated carbocycles. The van der Waals surface area contributed by atoms with Crippen LogP contribution in [0.1, 0.15) is 29.3 Å². The van der Waals surface area contributed by atoms with Crippen molar-refractivity contribution in [2.45, 2.75) is 18.9 Å². The number of benzene rings is 3. The van der Waals surface area contributed by atoms with Gasteiger partial charge in [0.15, 0.2) is 11.4 Å². The fourth-order valence-corrected chi connectivity index (χ4v) is 3.79. The molecule has 26 heavy (non-hydrogen) atoms. The maximum absolute atomic E-state index is 13.0. The molecule has 0 aromatic heterocycles. The van der Waals surface area contributed by atoms with Crippen molar-refractivity contribution in [1.29, 1.82) is 0 Å². The summed E-state index contributed by atoms with van der Waals surface area (Å²) in [7, 11) is 0. The monoisotopic (exact) mass is 345 g/mol. The number of Topliss-reactive ketones (excluding diaryl/α,β-unsaturated/α-hetero) is 1. The number of ketones is 1. The van der Waals surface area contributed by atoms with Crippen LogP contribution in [0.5, 0.6) is 0 Å². The quantitative estimate of drug-likeness (QED) is 0.734. The number of carbonyl (C=O) groups excluding carboxylic acids is 2. The zero-order valence-electron chi connectivity index (χ0n) is 14.5. The van der Waals surface area contributed by atoms with E-state index in [-0.39, 0.29) is 12.2 Å². The number of fused-ring (bicyclic) bond motifs is 2. The largest absolute Gasteiger partial charge is 0.375 e. The van der Waals surface area contributed by atoms with Crippen LogP contribution in [0.15, 0.2) is 66.7 Å². The van der Waals surface area contributed by atoms with Crippen LogP contribution in [0.25, 0.3) is 10.8 Å². The van der Waals surface area contributed by atoms with Gasteiger partial charge in [-0.2, -0.15) is 0 Å². The number of carbonyl (C=O) groups is 2. The molecule has 1 amide bonds. The number of nitrogens with zero attached hydrogens (tertiary/aromatic N) is 1. The molecule has 1 heterocycles. The Morgan fingerprint density at radius 1 is 1.00 bits per heavy atom. The van der Waals surface area contributed by atoms with Crippen molar-refractivity contribution in [3.63, 3.8) is 0 Å². The summed E-state index contributed by atoms with van der Waals surface area (Å²) in [6.45, 7) is 2.30. The molecule has 0 bridgehead atoms. The van der Waals surface area contributed by atoms with Crippen LogP contribution in [0.3, 0.4) is 0 Å². The van der Waals surface area contributed by atoms with Gasteiger partial charge in [-0.3, -0.25) is 9.59 Å². The van der Waals surface area contributed by atoms with Crippen LogP contribution >= 0.6 is 0 Å². The Labute approximate surface area is 151 Å². The molecule has 4 rings (SSSR count). The number of hydrogen-bond acceptors (Lipinski definition) is 3. The second kappa shape index (κ2) is 6.07. The highest BCUT2D eigenvalue weighted by molar-refractivity contribution is 6.13. The summed E-state index contributed by atoms with van der Waals surface area (Å²) >= 11 is 0. The van der Waals surface area contributed by atoms with Crippen LogP contribution in [0.4, 0.5) is 5.69 Å². The second-order valence-electron chi connectivity index (χ2n) is 6.55. The maximum atomic E-state index is 13.0. The van der Waals surface area contributed by atoms with Crippen molar-refractivity contribution in [3.8, 4) is 0 Å². The van der Waals surface area contributed by atoms with Gasteiger partial charge >= 0.3 is 0 Å². The molecule has 1 aliphatic rings. The first-order chi connectivity index (χ1) is 12.6. The van der Waals surface area contributed by atoms with E-state index in [1.165, 1.54) is 4.90 Å². The first-order valence-corrected chi connectivity index (χ1v) is 8.71. The predicted molar refractivity (Wildman–Crippen MR) is 101 cm³/mol. The number of aliphatic hydroxyl groups is 1. The van der Waals surface area contributed by atoms with Crippen molar-refractivity contribution in [2.75, 3.05) is 11.4 Å². The molecule has 0 unspecified atom stereocenters. The average Bonchev–Trinajstić information content (AvgIpc) is 2.88. The smallest absolute Gasteiger partial charge is 0.264 e. The fraction of sp³-hybridized carbons (Fsp3) is 0.182. The molecule has 4 nitrogen and oxygen atoms in total. The van der Waals surface area contributed by atoms with Crippen molar-refractivity contribution in [1.82, 2.24) is 0 Å². The Morgan fingerprint density at radius 3 is 2.50 bits per heavy atom. The van der Waals surface area contributed by atoms with Crippen LogP contribution < -0.4 is 4.90 Å². The summed E-state index contributed by atoms with van der Waals surface area (Å²) in [5, 5.41) is 13.0. The third kappa shape index (κ3) is 2.34. The molecule has 1 atom stereocenters. The molecule has 1 N–H and O–H groups in total.